The third kappa shape index (κ3) is 1.97. The van der Waals surface area contributed by atoms with Gasteiger partial charge in [-0.05, 0) is 29.7 Å². The van der Waals surface area contributed by atoms with E-state index < -0.39 is 0 Å². The first kappa shape index (κ1) is 11.2. The Morgan fingerprint density at radius 1 is 1.33 bits per heavy atom. The summed E-state index contributed by atoms with van der Waals surface area (Å²) < 4.78 is 7.69. The van der Waals surface area contributed by atoms with E-state index >= 15 is 0 Å². The van der Waals surface area contributed by atoms with E-state index in [1.54, 1.807) is 17.0 Å². The highest BCUT2D eigenvalue weighted by Crippen LogP contribution is 2.16. The molecule has 5 heteroatoms. The van der Waals surface area contributed by atoms with E-state index in [9.17, 15) is 4.79 Å². The Morgan fingerprint density at radius 3 is 3.00 bits per heavy atom. The number of nitrogens with zero attached hydrogens (tertiary/aromatic N) is 2. The second kappa shape index (κ2) is 4.42. The van der Waals surface area contributed by atoms with Crippen LogP contribution in [0.3, 0.4) is 0 Å². The normalized spacial score (nSPS) is 10.9. The number of fused-ring (bicyclic) bond motifs is 1. The van der Waals surface area contributed by atoms with Gasteiger partial charge >= 0.3 is 0 Å². The van der Waals surface area contributed by atoms with Gasteiger partial charge in [-0.3, -0.25) is 4.79 Å². The van der Waals surface area contributed by atoms with Crippen molar-refractivity contribution in [3.63, 3.8) is 0 Å². The highest BCUT2D eigenvalue weighted by Gasteiger charge is 2.05. The van der Waals surface area contributed by atoms with E-state index in [0.717, 1.165) is 9.86 Å². The molecule has 0 bridgehead atoms. The van der Waals surface area contributed by atoms with Crippen LogP contribution in [0, 0.1) is 0 Å². The maximum absolute atomic E-state index is 12.2. The van der Waals surface area contributed by atoms with Gasteiger partial charge in [0.05, 0.1) is 6.20 Å². The van der Waals surface area contributed by atoms with Crippen LogP contribution in [0.1, 0.15) is 5.89 Å². The molecule has 0 aliphatic rings. The quantitative estimate of drug-likeness (QED) is 0.731. The third-order valence-electron chi connectivity index (χ3n) is 2.73. The topological polar surface area (TPSA) is 48.0 Å². The molecule has 0 saturated heterocycles. The molecule has 3 rings (SSSR count). The van der Waals surface area contributed by atoms with E-state index in [-0.39, 0.29) is 5.56 Å². The van der Waals surface area contributed by atoms with Crippen LogP contribution < -0.4 is 5.56 Å². The molecule has 0 amide bonds. The van der Waals surface area contributed by atoms with Crippen molar-refractivity contribution in [2.75, 3.05) is 0 Å². The molecule has 2 heterocycles. The summed E-state index contributed by atoms with van der Waals surface area (Å²) in [6.45, 7) is 0.345. The summed E-state index contributed by atoms with van der Waals surface area (Å²) in [5.74, 6) is 0.522. The molecule has 0 spiro atoms. The Bertz CT molecular complexity index is 747. The van der Waals surface area contributed by atoms with Gasteiger partial charge in [0.1, 0.15) is 12.8 Å². The zero-order chi connectivity index (χ0) is 12.5. The van der Waals surface area contributed by atoms with Crippen LogP contribution in [0.25, 0.3) is 10.8 Å². The van der Waals surface area contributed by atoms with Crippen molar-refractivity contribution >= 4 is 26.7 Å². The first-order valence-corrected chi connectivity index (χ1v) is 6.20. The Kier molecular flexibility index (Phi) is 2.76. The number of pyridine rings is 1. The minimum absolute atomic E-state index is 0.0433. The molecule has 90 valence electrons. The number of benzene rings is 1. The van der Waals surface area contributed by atoms with Crippen molar-refractivity contribution in [1.82, 2.24) is 9.55 Å². The number of hydrogen-bond acceptors (Lipinski definition) is 3. The van der Waals surface area contributed by atoms with E-state index in [0.29, 0.717) is 17.8 Å². The van der Waals surface area contributed by atoms with Crippen LogP contribution in [0.2, 0.25) is 0 Å². The molecular weight excluding hydrogens is 296 g/mol. The van der Waals surface area contributed by atoms with Crippen molar-refractivity contribution in [3.8, 4) is 0 Å². The van der Waals surface area contributed by atoms with E-state index in [1.807, 2.05) is 24.3 Å². The summed E-state index contributed by atoms with van der Waals surface area (Å²) in [4.78, 5) is 16.3. The molecule has 3 aromatic rings. The number of hydrogen-bond donors (Lipinski definition) is 0. The van der Waals surface area contributed by atoms with E-state index in [2.05, 4.69) is 20.9 Å². The van der Waals surface area contributed by atoms with Crippen molar-refractivity contribution in [2.45, 2.75) is 6.54 Å². The maximum atomic E-state index is 12.2. The molecule has 0 unspecified atom stereocenters. The fourth-order valence-corrected chi connectivity index (χ4v) is 2.24. The Labute approximate surface area is 111 Å². The molecule has 0 aliphatic carbocycles. The molecule has 0 fully saturated rings. The standard InChI is InChI=1S/C13H9BrN2O2/c14-10-1-2-11-9(7-10)3-5-16(13(11)17)8-12-15-4-6-18-12/h1-7H,8H2. The third-order valence-corrected chi connectivity index (χ3v) is 3.22. The van der Waals surface area contributed by atoms with Crippen molar-refractivity contribution in [2.24, 2.45) is 0 Å². The molecular formula is C13H9BrN2O2. The lowest BCUT2D eigenvalue weighted by atomic mass is 10.2. The zero-order valence-electron chi connectivity index (χ0n) is 9.34. The van der Waals surface area contributed by atoms with Crippen LogP contribution in [-0.2, 0) is 6.54 Å². The molecule has 4 nitrogen and oxygen atoms in total. The molecule has 18 heavy (non-hydrogen) atoms. The average molecular weight is 305 g/mol. The first-order chi connectivity index (χ1) is 8.74. The average Bonchev–Trinajstić information content (AvgIpc) is 2.85. The first-order valence-electron chi connectivity index (χ1n) is 5.41. The summed E-state index contributed by atoms with van der Waals surface area (Å²) >= 11 is 3.39. The van der Waals surface area contributed by atoms with Gasteiger partial charge in [0.2, 0.25) is 5.89 Å². The smallest absolute Gasteiger partial charge is 0.258 e. The van der Waals surface area contributed by atoms with Crippen LogP contribution in [-0.4, -0.2) is 9.55 Å². The van der Waals surface area contributed by atoms with Gasteiger partial charge < -0.3 is 8.98 Å². The minimum atomic E-state index is -0.0433. The van der Waals surface area contributed by atoms with Gasteiger partial charge in [-0.2, -0.15) is 0 Å². The van der Waals surface area contributed by atoms with E-state index in [4.69, 9.17) is 4.42 Å². The van der Waals surface area contributed by atoms with Gasteiger partial charge in [0.15, 0.2) is 0 Å². The maximum Gasteiger partial charge on any atom is 0.258 e. The lowest BCUT2D eigenvalue weighted by Gasteiger charge is -2.05. The van der Waals surface area contributed by atoms with Crippen molar-refractivity contribution in [1.29, 1.82) is 0 Å². The molecule has 0 aliphatic heterocycles. The van der Waals surface area contributed by atoms with E-state index in [1.165, 1.54) is 6.26 Å². The van der Waals surface area contributed by atoms with Crippen molar-refractivity contribution < 1.29 is 4.42 Å². The van der Waals surface area contributed by atoms with Crippen LogP contribution in [0.15, 0.2) is 56.6 Å². The highest BCUT2D eigenvalue weighted by molar-refractivity contribution is 9.10. The molecule has 0 saturated carbocycles. The van der Waals surface area contributed by atoms with Gasteiger partial charge in [-0.15, -0.1) is 0 Å². The fourth-order valence-electron chi connectivity index (χ4n) is 1.86. The van der Waals surface area contributed by atoms with Crippen LogP contribution >= 0.6 is 15.9 Å². The number of aromatic nitrogens is 2. The summed E-state index contributed by atoms with van der Waals surface area (Å²) in [6.07, 6.45) is 4.82. The monoisotopic (exact) mass is 304 g/mol. The van der Waals surface area contributed by atoms with Gasteiger partial charge in [-0.25, -0.2) is 4.98 Å². The summed E-state index contributed by atoms with van der Waals surface area (Å²) in [6, 6.07) is 7.50. The molecule has 0 atom stereocenters. The van der Waals surface area contributed by atoms with Gasteiger partial charge in [0.25, 0.3) is 5.56 Å². The lowest BCUT2D eigenvalue weighted by Crippen LogP contribution is -2.20. The SMILES string of the molecule is O=c1c2ccc(Br)cc2ccn1Cc1ncco1. The number of oxazole rings is 1. The summed E-state index contributed by atoms with van der Waals surface area (Å²) in [5, 5.41) is 1.60. The number of halogens is 1. The second-order valence-corrected chi connectivity index (χ2v) is 4.82. The van der Waals surface area contributed by atoms with Gasteiger partial charge in [-0.1, -0.05) is 15.9 Å². The summed E-state index contributed by atoms with van der Waals surface area (Å²) in [7, 11) is 0. The molecule has 0 N–H and O–H groups in total. The highest BCUT2D eigenvalue weighted by atomic mass is 79.9. The molecule has 2 aromatic heterocycles. The Balaban J connectivity index is 2.12. The summed E-state index contributed by atoms with van der Waals surface area (Å²) in [5.41, 5.74) is -0.0433. The molecule has 0 radical (unpaired) electrons. The predicted molar refractivity (Wildman–Crippen MR) is 71.5 cm³/mol. The second-order valence-electron chi connectivity index (χ2n) is 3.91. The van der Waals surface area contributed by atoms with Crippen LogP contribution in [0.5, 0.6) is 0 Å². The van der Waals surface area contributed by atoms with Crippen molar-refractivity contribution in [3.05, 3.63) is 63.6 Å². The zero-order valence-corrected chi connectivity index (χ0v) is 10.9. The Morgan fingerprint density at radius 2 is 2.22 bits per heavy atom. The molecule has 1 aromatic carbocycles. The van der Waals surface area contributed by atoms with Crippen LogP contribution in [0.4, 0.5) is 0 Å². The lowest BCUT2D eigenvalue weighted by molar-refractivity contribution is 0.475. The fraction of sp³-hybridized carbons (Fsp3) is 0.0769. The van der Waals surface area contributed by atoms with Gasteiger partial charge in [0, 0.05) is 16.1 Å². The number of rotatable bonds is 2. The minimum Gasteiger partial charge on any atom is -0.447 e. The largest absolute Gasteiger partial charge is 0.447 e. The predicted octanol–water partition coefficient (Wildman–Crippen LogP) is 2.80. The Hall–Kier alpha value is -1.88.